The molecule has 0 saturated carbocycles. The fraction of sp³-hybridized carbons (Fsp3) is 0.412. The lowest BCUT2D eigenvalue weighted by Crippen LogP contribution is -1.77. The topological polar surface area (TPSA) is 20.2 Å². The van der Waals surface area contributed by atoms with Gasteiger partial charge >= 0.3 is 0 Å². The van der Waals surface area contributed by atoms with Crippen molar-refractivity contribution in [2.45, 2.75) is 39.0 Å². The van der Waals surface area contributed by atoms with Gasteiger partial charge in [-0.2, -0.15) is 0 Å². The van der Waals surface area contributed by atoms with Crippen LogP contribution in [0.4, 0.5) is 0 Å². The molecule has 0 radical (unpaired) electrons. The van der Waals surface area contributed by atoms with Crippen LogP contribution in [-0.2, 0) is 0 Å². The van der Waals surface area contributed by atoms with Crippen molar-refractivity contribution in [3.8, 4) is 23.7 Å². The van der Waals surface area contributed by atoms with Crippen LogP contribution < -0.4 is 0 Å². The smallest absolute Gasteiger partial charge is 0.0440 e. The molecule has 0 spiro atoms. The van der Waals surface area contributed by atoms with E-state index in [2.05, 4.69) is 42.8 Å². The van der Waals surface area contributed by atoms with E-state index in [4.69, 9.17) is 5.11 Å². The summed E-state index contributed by atoms with van der Waals surface area (Å²) < 4.78 is 0. The molecule has 0 rings (SSSR count). The van der Waals surface area contributed by atoms with Gasteiger partial charge in [-0.15, -0.1) is 0 Å². The van der Waals surface area contributed by atoms with Gasteiger partial charge in [-0.3, -0.25) is 0 Å². The number of unbranched alkanes of at least 4 members (excludes halogenated alkanes) is 3. The molecule has 0 aliphatic rings. The molecule has 0 aromatic rings. The van der Waals surface area contributed by atoms with Gasteiger partial charge in [-0.05, 0) is 30.8 Å². The molecule has 0 saturated heterocycles. The summed E-state index contributed by atoms with van der Waals surface area (Å²) in [6.45, 7) is 2.39. The first-order chi connectivity index (χ1) is 8.91. The fourth-order valence-electron chi connectivity index (χ4n) is 1.08. The third-order valence-electron chi connectivity index (χ3n) is 2.06. The minimum absolute atomic E-state index is 0.193. The van der Waals surface area contributed by atoms with Crippen LogP contribution >= 0.6 is 0 Å². The Morgan fingerprint density at radius 1 is 1.00 bits per heavy atom. The van der Waals surface area contributed by atoms with E-state index in [9.17, 15) is 0 Å². The summed E-state index contributed by atoms with van der Waals surface area (Å²) in [7, 11) is 0. The molecule has 1 nitrogen and oxygen atoms in total. The standard InChI is InChI=1S/C17H22O/c1-2-3-4-5-6-7-8-9-10-11-12-13-14-15-16-17-18/h5-10,18H,2-4,15-17H2,1H3/b6-5+,8-7+,10-9+. The Balaban J connectivity index is 3.69. The summed E-state index contributed by atoms with van der Waals surface area (Å²) in [6, 6.07) is 0. The molecule has 18 heavy (non-hydrogen) atoms. The molecule has 0 atom stereocenters. The lowest BCUT2D eigenvalue weighted by Gasteiger charge is -1.84. The first-order valence-electron chi connectivity index (χ1n) is 6.49. The molecular formula is C17H22O. The second-order valence-corrected chi connectivity index (χ2v) is 3.71. The van der Waals surface area contributed by atoms with E-state index in [0.29, 0.717) is 6.42 Å². The zero-order chi connectivity index (χ0) is 13.3. The zero-order valence-corrected chi connectivity index (χ0v) is 11.2. The zero-order valence-electron chi connectivity index (χ0n) is 11.2. The first kappa shape index (κ1) is 16.3. The van der Waals surface area contributed by atoms with Gasteiger partial charge in [0, 0.05) is 13.0 Å². The van der Waals surface area contributed by atoms with Crippen LogP contribution in [0.15, 0.2) is 36.5 Å². The highest BCUT2D eigenvalue weighted by Gasteiger charge is 1.75. The summed E-state index contributed by atoms with van der Waals surface area (Å²) in [5.41, 5.74) is 0. The highest BCUT2D eigenvalue weighted by molar-refractivity contribution is 5.31. The largest absolute Gasteiger partial charge is 0.396 e. The summed E-state index contributed by atoms with van der Waals surface area (Å²) in [4.78, 5) is 0. The maximum Gasteiger partial charge on any atom is 0.0440 e. The van der Waals surface area contributed by atoms with E-state index in [-0.39, 0.29) is 6.61 Å². The summed E-state index contributed by atoms with van der Waals surface area (Å²) in [5.74, 6) is 11.2. The Kier molecular flexibility index (Phi) is 13.9. The Morgan fingerprint density at radius 2 is 1.83 bits per heavy atom. The second-order valence-electron chi connectivity index (χ2n) is 3.71. The quantitative estimate of drug-likeness (QED) is 0.410. The minimum atomic E-state index is 0.193. The maximum absolute atomic E-state index is 8.53. The lowest BCUT2D eigenvalue weighted by molar-refractivity contribution is 0.290. The van der Waals surface area contributed by atoms with Crippen molar-refractivity contribution in [2.24, 2.45) is 0 Å². The van der Waals surface area contributed by atoms with Crippen LogP contribution in [-0.4, -0.2) is 11.7 Å². The van der Waals surface area contributed by atoms with Gasteiger partial charge in [0.2, 0.25) is 0 Å². The maximum atomic E-state index is 8.53. The van der Waals surface area contributed by atoms with Gasteiger partial charge in [0.05, 0.1) is 0 Å². The molecule has 0 amide bonds. The van der Waals surface area contributed by atoms with Gasteiger partial charge in [-0.1, -0.05) is 62.0 Å². The van der Waals surface area contributed by atoms with Gasteiger partial charge in [-0.25, -0.2) is 0 Å². The fourth-order valence-corrected chi connectivity index (χ4v) is 1.08. The Labute approximate surface area is 111 Å². The normalized spacial score (nSPS) is 10.6. The molecule has 1 N–H and O–H groups in total. The SMILES string of the molecule is CCCC/C=C/C=C/C=C/C#CC#CCCCO. The van der Waals surface area contributed by atoms with Crippen LogP contribution in [0.1, 0.15) is 39.0 Å². The van der Waals surface area contributed by atoms with Crippen molar-refractivity contribution in [3.63, 3.8) is 0 Å². The van der Waals surface area contributed by atoms with Crippen molar-refractivity contribution in [2.75, 3.05) is 6.61 Å². The molecule has 96 valence electrons. The third-order valence-corrected chi connectivity index (χ3v) is 2.06. The molecule has 0 aliphatic carbocycles. The third kappa shape index (κ3) is 14.3. The van der Waals surface area contributed by atoms with Gasteiger partial charge in [0.1, 0.15) is 0 Å². The second kappa shape index (κ2) is 15.3. The molecule has 0 heterocycles. The van der Waals surface area contributed by atoms with Crippen molar-refractivity contribution in [3.05, 3.63) is 36.5 Å². The summed E-state index contributed by atoms with van der Waals surface area (Å²) in [6.07, 6.45) is 16.9. The van der Waals surface area contributed by atoms with Crippen molar-refractivity contribution in [1.29, 1.82) is 0 Å². The molecule has 0 unspecified atom stereocenters. The van der Waals surface area contributed by atoms with E-state index in [1.165, 1.54) is 12.8 Å². The predicted molar refractivity (Wildman–Crippen MR) is 78.8 cm³/mol. The van der Waals surface area contributed by atoms with E-state index in [0.717, 1.165) is 12.8 Å². The first-order valence-corrected chi connectivity index (χ1v) is 6.49. The van der Waals surface area contributed by atoms with Crippen molar-refractivity contribution < 1.29 is 5.11 Å². The molecule has 0 aliphatic heterocycles. The van der Waals surface area contributed by atoms with E-state index >= 15 is 0 Å². The van der Waals surface area contributed by atoms with Crippen LogP contribution in [0.5, 0.6) is 0 Å². The van der Waals surface area contributed by atoms with Crippen molar-refractivity contribution in [1.82, 2.24) is 0 Å². The van der Waals surface area contributed by atoms with Gasteiger partial charge in [0.25, 0.3) is 0 Å². The average Bonchev–Trinajstić information content (AvgIpc) is 2.39. The number of hydrogen-bond donors (Lipinski definition) is 1. The van der Waals surface area contributed by atoms with Crippen LogP contribution in [0.3, 0.4) is 0 Å². The molecule has 0 bridgehead atoms. The number of allylic oxidation sites excluding steroid dienone is 6. The summed E-state index contributed by atoms with van der Waals surface area (Å²) >= 11 is 0. The molecular weight excluding hydrogens is 220 g/mol. The monoisotopic (exact) mass is 242 g/mol. The van der Waals surface area contributed by atoms with E-state index < -0.39 is 0 Å². The highest BCUT2D eigenvalue weighted by Crippen LogP contribution is 1.94. The molecule has 0 aromatic carbocycles. The Bertz CT molecular complexity index is 377. The van der Waals surface area contributed by atoms with E-state index in [1.807, 2.05) is 18.2 Å². The highest BCUT2D eigenvalue weighted by atomic mass is 16.2. The predicted octanol–water partition coefficient (Wildman–Crippen LogP) is 3.62. The number of aliphatic hydroxyl groups excluding tert-OH is 1. The Hall–Kier alpha value is -1.70. The number of aliphatic hydroxyl groups is 1. The Morgan fingerprint density at radius 3 is 2.61 bits per heavy atom. The molecule has 0 fully saturated rings. The van der Waals surface area contributed by atoms with Crippen LogP contribution in [0.25, 0.3) is 0 Å². The minimum Gasteiger partial charge on any atom is -0.396 e. The van der Waals surface area contributed by atoms with Crippen LogP contribution in [0.2, 0.25) is 0 Å². The van der Waals surface area contributed by atoms with Crippen molar-refractivity contribution >= 4 is 0 Å². The number of hydrogen-bond acceptors (Lipinski definition) is 1. The summed E-state index contributed by atoms with van der Waals surface area (Å²) in [5, 5.41) is 8.53. The lowest BCUT2D eigenvalue weighted by atomic mass is 10.2. The molecule has 1 heteroatoms. The molecule has 0 aromatic heterocycles. The van der Waals surface area contributed by atoms with Gasteiger partial charge < -0.3 is 5.11 Å². The van der Waals surface area contributed by atoms with Gasteiger partial charge in [0.15, 0.2) is 0 Å². The van der Waals surface area contributed by atoms with E-state index in [1.54, 1.807) is 6.08 Å². The van der Waals surface area contributed by atoms with Crippen LogP contribution in [0, 0.1) is 23.7 Å². The average molecular weight is 242 g/mol. The number of rotatable bonds is 7.